The molecule has 1 aliphatic rings. The Hall–Kier alpha value is -1.04. The molecule has 2 rings (SSSR count). The van der Waals surface area contributed by atoms with Crippen molar-refractivity contribution < 1.29 is 13.5 Å². The zero-order valence-corrected chi connectivity index (χ0v) is 12.9. The Morgan fingerprint density at radius 1 is 1.43 bits per heavy atom. The average Bonchev–Trinajstić information content (AvgIpc) is 2.88. The molecule has 0 aromatic heterocycles. The van der Waals surface area contributed by atoms with Gasteiger partial charge >= 0.3 is 0 Å². The second-order valence-corrected chi connectivity index (χ2v) is 5.62. The quantitative estimate of drug-likeness (QED) is 0.874. The molecule has 0 amide bonds. The first kappa shape index (κ1) is 16.3. The molecule has 0 saturated carbocycles. The normalized spacial score (nSPS) is 23.7. The molecule has 3 nitrogen and oxygen atoms in total. The van der Waals surface area contributed by atoms with Gasteiger partial charge < -0.3 is 10.1 Å². The topological polar surface area (TPSA) is 24.5 Å². The third-order valence-corrected chi connectivity index (χ3v) is 4.18. The Labute approximate surface area is 125 Å². The van der Waals surface area contributed by atoms with Crippen LogP contribution in [0.4, 0.5) is 8.78 Å². The Morgan fingerprint density at radius 2 is 2.19 bits per heavy atom. The summed E-state index contributed by atoms with van der Waals surface area (Å²) in [5, 5.41) is 3.25. The first-order valence-electron chi connectivity index (χ1n) is 7.53. The molecule has 1 fully saturated rings. The summed E-state index contributed by atoms with van der Waals surface area (Å²) >= 11 is 0. The lowest BCUT2D eigenvalue weighted by atomic mass is 10.0. The summed E-state index contributed by atoms with van der Waals surface area (Å²) in [6.07, 6.45) is 1.15. The van der Waals surface area contributed by atoms with Crippen LogP contribution in [-0.2, 0) is 4.74 Å². The zero-order chi connectivity index (χ0) is 15.4. The van der Waals surface area contributed by atoms with Crippen molar-refractivity contribution in [3.8, 4) is 0 Å². The van der Waals surface area contributed by atoms with E-state index in [9.17, 15) is 8.78 Å². The van der Waals surface area contributed by atoms with Crippen LogP contribution < -0.4 is 5.32 Å². The van der Waals surface area contributed by atoms with Gasteiger partial charge in [0.2, 0.25) is 0 Å². The maximum atomic E-state index is 14.0. The van der Waals surface area contributed by atoms with E-state index in [1.807, 2.05) is 14.0 Å². The summed E-state index contributed by atoms with van der Waals surface area (Å²) in [4.78, 5) is 2.18. The number of nitrogens with one attached hydrogen (secondary N) is 1. The monoisotopic (exact) mass is 298 g/mol. The summed E-state index contributed by atoms with van der Waals surface area (Å²) in [6.45, 7) is 6.10. The molecule has 21 heavy (non-hydrogen) atoms. The Balaban J connectivity index is 2.13. The minimum absolute atomic E-state index is 0.176. The molecular weight excluding hydrogens is 274 g/mol. The van der Waals surface area contributed by atoms with Crippen molar-refractivity contribution in [3.63, 3.8) is 0 Å². The first-order valence-corrected chi connectivity index (χ1v) is 7.53. The molecule has 1 heterocycles. The van der Waals surface area contributed by atoms with E-state index in [4.69, 9.17) is 4.74 Å². The van der Waals surface area contributed by atoms with Gasteiger partial charge in [-0.2, -0.15) is 0 Å². The lowest BCUT2D eigenvalue weighted by Crippen LogP contribution is -2.42. The van der Waals surface area contributed by atoms with Crippen molar-refractivity contribution in [2.24, 2.45) is 0 Å². The van der Waals surface area contributed by atoms with Gasteiger partial charge in [-0.15, -0.1) is 0 Å². The summed E-state index contributed by atoms with van der Waals surface area (Å²) in [7, 11) is 2.01. The lowest BCUT2D eigenvalue weighted by Gasteiger charge is -2.31. The summed E-state index contributed by atoms with van der Waals surface area (Å²) in [5.41, 5.74) is 0.385. The fraction of sp³-hybridized carbons (Fsp3) is 0.625. The number of hydrogen-bond acceptors (Lipinski definition) is 3. The average molecular weight is 298 g/mol. The van der Waals surface area contributed by atoms with Crippen LogP contribution in [0, 0.1) is 11.6 Å². The summed E-state index contributed by atoms with van der Waals surface area (Å²) in [5.74, 6) is -1.55. The van der Waals surface area contributed by atoms with Gasteiger partial charge in [0.25, 0.3) is 0 Å². The van der Waals surface area contributed by atoms with Crippen LogP contribution in [0.5, 0.6) is 0 Å². The van der Waals surface area contributed by atoms with Gasteiger partial charge in [0.05, 0.1) is 6.10 Å². The largest absolute Gasteiger partial charge is 0.377 e. The molecule has 0 radical (unpaired) electrons. The van der Waals surface area contributed by atoms with E-state index in [1.54, 1.807) is 12.1 Å². The molecular formula is C16H24F2N2O. The van der Waals surface area contributed by atoms with Crippen molar-refractivity contribution in [2.75, 3.05) is 26.7 Å². The molecule has 118 valence electrons. The Bertz CT molecular complexity index is 470. The van der Waals surface area contributed by atoms with Crippen LogP contribution in [-0.4, -0.2) is 43.8 Å². The molecule has 1 aliphatic heterocycles. The molecule has 1 aromatic rings. The molecule has 5 heteroatoms. The van der Waals surface area contributed by atoms with Crippen molar-refractivity contribution in [2.45, 2.75) is 38.5 Å². The van der Waals surface area contributed by atoms with Crippen LogP contribution in [0.15, 0.2) is 18.2 Å². The molecule has 3 unspecified atom stereocenters. The molecule has 3 atom stereocenters. The number of hydrogen-bond donors (Lipinski definition) is 1. The number of rotatable bonds is 6. The van der Waals surface area contributed by atoms with E-state index < -0.39 is 11.6 Å². The minimum Gasteiger partial charge on any atom is -0.377 e. The number of benzene rings is 1. The van der Waals surface area contributed by atoms with E-state index in [1.165, 1.54) is 0 Å². The predicted octanol–water partition coefficient (Wildman–Crippen LogP) is 2.72. The molecule has 1 aromatic carbocycles. The zero-order valence-electron chi connectivity index (χ0n) is 12.9. The third kappa shape index (κ3) is 3.78. The second-order valence-electron chi connectivity index (χ2n) is 5.62. The molecule has 1 saturated heterocycles. The van der Waals surface area contributed by atoms with Crippen LogP contribution in [0.3, 0.4) is 0 Å². The third-order valence-electron chi connectivity index (χ3n) is 4.18. The lowest BCUT2D eigenvalue weighted by molar-refractivity contribution is 0.0802. The molecule has 0 spiro atoms. The van der Waals surface area contributed by atoms with Crippen LogP contribution >= 0.6 is 0 Å². The summed E-state index contributed by atoms with van der Waals surface area (Å²) < 4.78 is 33.0. The SMILES string of the molecule is CCNC(CN(C)C1CCOC1C)c1cccc(F)c1F. The van der Waals surface area contributed by atoms with Gasteiger partial charge in [-0.3, -0.25) is 4.90 Å². The van der Waals surface area contributed by atoms with Crippen LogP contribution in [0.25, 0.3) is 0 Å². The fourth-order valence-corrected chi connectivity index (χ4v) is 3.03. The van der Waals surface area contributed by atoms with Crippen LogP contribution in [0.2, 0.25) is 0 Å². The number of likely N-dealkylation sites (N-methyl/N-ethyl adjacent to an activating group) is 2. The smallest absolute Gasteiger partial charge is 0.163 e. The highest BCUT2D eigenvalue weighted by Crippen LogP contribution is 2.24. The van der Waals surface area contributed by atoms with Crippen molar-refractivity contribution in [1.29, 1.82) is 0 Å². The fourth-order valence-electron chi connectivity index (χ4n) is 3.03. The standard InChI is InChI=1S/C16H24F2N2O/c1-4-19-14(12-6-5-7-13(17)16(12)18)10-20(3)15-8-9-21-11(15)2/h5-7,11,14-15,19H,4,8-10H2,1-3H3. The molecule has 0 bridgehead atoms. The van der Waals surface area contributed by atoms with Gasteiger partial charge in [-0.25, -0.2) is 8.78 Å². The highest BCUT2D eigenvalue weighted by atomic mass is 19.2. The maximum Gasteiger partial charge on any atom is 0.163 e. The van der Waals surface area contributed by atoms with Gasteiger partial charge in [0, 0.05) is 30.8 Å². The van der Waals surface area contributed by atoms with Gasteiger partial charge in [0.15, 0.2) is 11.6 Å². The van der Waals surface area contributed by atoms with E-state index in [-0.39, 0.29) is 12.1 Å². The molecule has 1 N–H and O–H groups in total. The Morgan fingerprint density at radius 3 is 2.81 bits per heavy atom. The summed E-state index contributed by atoms with van der Waals surface area (Å²) in [6, 6.07) is 4.44. The predicted molar refractivity (Wildman–Crippen MR) is 79.2 cm³/mol. The van der Waals surface area contributed by atoms with Crippen molar-refractivity contribution in [1.82, 2.24) is 10.2 Å². The van der Waals surface area contributed by atoms with E-state index >= 15 is 0 Å². The van der Waals surface area contributed by atoms with Gasteiger partial charge in [-0.05, 0) is 33.0 Å². The number of ether oxygens (including phenoxy) is 1. The van der Waals surface area contributed by atoms with Crippen molar-refractivity contribution >= 4 is 0 Å². The Kier molecular flexibility index (Phi) is 5.67. The van der Waals surface area contributed by atoms with Gasteiger partial charge in [-0.1, -0.05) is 19.1 Å². The van der Waals surface area contributed by atoms with E-state index in [0.29, 0.717) is 24.7 Å². The molecule has 0 aliphatic carbocycles. The van der Waals surface area contributed by atoms with Crippen LogP contribution in [0.1, 0.15) is 31.9 Å². The highest BCUT2D eigenvalue weighted by Gasteiger charge is 2.30. The second kappa shape index (κ2) is 7.29. The number of halogens is 2. The number of nitrogens with zero attached hydrogens (tertiary/aromatic N) is 1. The highest BCUT2D eigenvalue weighted by molar-refractivity contribution is 5.23. The van der Waals surface area contributed by atoms with Gasteiger partial charge in [0.1, 0.15) is 0 Å². The maximum absolute atomic E-state index is 14.0. The minimum atomic E-state index is -0.796. The van der Waals surface area contributed by atoms with Crippen molar-refractivity contribution in [3.05, 3.63) is 35.4 Å². The van der Waals surface area contributed by atoms with E-state index in [2.05, 4.69) is 17.1 Å². The van der Waals surface area contributed by atoms with E-state index in [0.717, 1.165) is 19.1 Å². The first-order chi connectivity index (χ1) is 10.0.